The van der Waals surface area contributed by atoms with Crippen LogP contribution in [0.25, 0.3) is 10.8 Å². The lowest BCUT2D eigenvalue weighted by atomic mass is 9.88. The van der Waals surface area contributed by atoms with Crippen molar-refractivity contribution >= 4 is 26.6 Å². The van der Waals surface area contributed by atoms with Crippen molar-refractivity contribution in [3.8, 4) is 0 Å². The van der Waals surface area contributed by atoms with Gasteiger partial charge in [0.25, 0.3) is 10.0 Å². The van der Waals surface area contributed by atoms with Gasteiger partial charge >= 0.3 is 0 Å². The Labute approximate surface area is 158 Å². The molecule has 5 nitrogen and oxygen atoms in total. The number of carbonyl (C=O) groups excluding carboxylic acids is 1. The zero-order valence-corrected chi connectivity index (χ0v) is 15.8. The van der Waals surface area contributed by atoms with E-state index in [2.05, 4.69) is 4.72 Å². The molecule has 1 aliphatic carbocycles. The predicted octanol–water partition coefficient (Wildman–Crippen LogP) is 3.45. The van der Waals surface area contributed by atoms with E-state index in [0.717, 1.165) is 5.39 Å². The van der Waals surface area contributed by atoms with E-state index in [1.807, 2.05) is 24.3 Å². The van der Waals surface area contributed by atoms with Gasteiger partial charge in [0, 0.05) is 16.7 Å². The summed E-state index contributed by atoms with van der Waals surface area (Å²) < 4.78 is 34.3. The molecular formula is C21H19NO4S. The number of carbonyl (C=O) groups is 1. The molecule has 2 aromatic rings. The maximum atomic E-state index is 13.0. The number of benzene rings is 2. The lowest BCUT2D eigenvalue weighted by Crippen LogP contribution is -2.27. The summed E-state index contributed by atoms with van der Waals surface area (Å²) in [6.07, 6.45) is 4.95. The van der Waals surface area contributed by atoms with E-state index < -0.39 is 10.0 Å². The molecule has 1 heterocycles. The molecule has 0 bridgehead atoms. The molecule has 138 valence electrons. The lowest BCUT2D eigenvalue weighted by Gasteiger charge is -2.21. The molecule has 0 aromatic heterocycles. The first kappa shape index (κ1) is 17.5. The van der Waals surface area contributed by atoms with Crippen LogP contribution in [0.15, 0.2) is 82.6 Å². The molecule has 2 aliphatic rings. The van der Waals surface area contributed by atoms with Crippen LogP contribution in [0.5, 0.6) is 0 Å². The molecule has 27 heavy (non-hydrogen) atoms. The molecule has 0 amide bonds. The van der Waals surface area contributed by atoms with E-state index in [1.165, 1.54) is 6.92 Å². The normalized spacial score (nSPS) is 21.6. The highest BCUT2D eigenvalue weighted by Crippen LogP contribution is 2.36. The number of rotatable bonds is 4. The van der Waals surface area contributed by atoms with Crippen LogP contribution < -0.4 is 4.72 Å². The maximum Gasteiger partial charge on any atom is 0.262 e. The number of fused-ring (bicyclic) bond motifs is 2. The van der Waals surface area contributed by atoms with E-state index >= 15 is 0 Å². The average Bonchev–Trinajstić information content (AvgIpc) is 2.96. The second kappa shape index (κ2) is 6.39. The smallest absolute Gasteiger partial charge is 0.262 e. The molecule has 1 aliphatic heterocycles. The Hall–Kier alpha value is -2.86. The standard InChI is InChI=1S/C21H19NO4S/c1-13(23)21-14(2)26-19-11-10-16(12-18(19)21)22-27(24,25)20-9-5-7-15-6-3-4-8-17(15)20/h3-12,18-19,22H,1-2H3/t18-,19-/m0/s1. The van der Waals surface area contributed by atoms with Crippen molar-refractivity contribution in [3.05, 3.63) is 77.7 Å². The monoisotopic (exact) mass is 381 g/mol. The number of hydrogen-bond donors (Lipinski definition) is 1. The second-order valence-electron chi connectivity index (χ2n) is 6.70. The van der Waals surface area contributed by atoms with Gasteiger partial charge in [-0.2, -0.15) is 0 Å². The number of nitrogens with one attached hydrogen (secondary N) is 1. The fourth-order valence-electron chi connectivity index (χ4n) is 3.72. The Bertz CT molecular complexity index is 1140. The van der Waals surface area contributed by atoms with Gasteiger partial charge in [-0.05, 0) is 43.5 Å². The first-order valence-corrected chi connectivity index (χ1v) is 10.1. The Balaban J connectivity index is 1.69. The van der Waals surface area contributed by atoms with Crippen molar-refractivity contribution in [2.24, 2.45) is 5.92 Å². The fraction of sp³-hybridized carbons (Fsp3) is 0.190. The molecule has 1 N–H and O–H groups in total. The van der Waals surface area contributed by atoms with Crippen molar-refractivity contribution in [1.29, 1.82) is 0 Å². The summed E-state index contributed by atoms with van der Waals surface area (Å²) in [4.78, 5) is 12.2. The molecule has 0 fully saturated rings. The maximum absolute atomic E-state index is 13.0. The highest BCUT2D eigenvalue weighted by Gasteiger charge is 2.36. The number of ether oxygens (including phenoxy) is 1. The molecular weight excluding hydrogens is 362 g/mol. The summed E-state index contributed by atoms with van der Waals surface area (Å²) in [6, 6.07) is 12.5. The van der Waals surface area contributed by atoms with E-state index in [0.29, 0.717) is 22.4 Å². The van der Waals surface area contributed by atoms with Crippen molar-refractivity contribution in [3.63, 3.8) is 0 Å². The average molecular weight is 381 g/mol. The summed E-state index contributed by atoms with van der Waals surface area (Å²) in [5.41, 5.74) is 1.02. The third kappa shape index (κ3) is 3.06. The zero-order chi connectivity index (χ0) is 19.2. The molecule has 0 saturated carbocycles. The van der Waals surface area contributed by atoms with E-state index in [4.69, 9.17) is 4.74 Å². The van der Waals surface area contributed by atoms with Crippen LogP contribution in [0.1, 0.15) is 13.8 Å². The van der Waals surface area contributed by atoms with E-state index in [1.54, 1.807) is 43.4 Å². The largest absolute Gasteiger partial charge is 0.490 e. The van der Waals surface area contributed by atoms with Crippen LogP contribution in [0.4, 0.5) is 0 Å². The summed E-state index contributed by atoms with van der Waals surface area (Å²) >= 11 is 0. The van der Waals surface area contributed by atoms with Crippen molar-refractivity contribution < 1.29 is 17.9 Å². The quantitative estimate of drug-likeness (QED) is 0.880. The number of ketones is 1. The molecule has 2 atom stereocenters. The summed E-state index contributed by atoms with van der Waals surface area (Å²) in [7, 11) is -3.78. The van der Waals surface area contributed by atoms with Gasteiger partial charge in [0.2, 0.25) is 0 Å². The molecule has 0 saturated heterocycles. The van der Waals surface area contributed by atoms with Gasteiger partial charge in [-0.25, -0.2) is 8.42 Å². The highest BCUT2D eigenvalue weighted by atomic mass is 32.2. The Morgan fingerprint density at radius 3 is 2.63 bits per heavy atom. The fourth-order valence-corrected chi connectivity index (χ4v) is 5.00. The number of hydrogen-bond acceptors (Lipinski definition) is 4. The Kier molecular flexibility index (Phi) is 4.15. The zero-order valence-electron chi connectivity index (χ0n) is 15.0. The third-order valence-electron chi connectivity index (χ3n) is 4.87. The molecule has 2 aromatic carbocycles. The van der Waals surface area contributed by atoms with Gasteiger partial charge < -0.3 is 4.74 Å². The van der Waals surface area contributed by atoms with Crippen LogP contribution in [-0.2, 0) is 19.6 Å². The van der Waals surface area contributed by atoms with Crippen LogP contribution >= 0.6 is 0 Å². The Morgan fingerprint density at radius 2 is 1.85 bits per heavy atom. The predicted molar refractivity (Wildman–Crippen MR) is 103 cm³/mol. The minimum Gasteiger partial charge on any atom is -0.490 e. The van der Waals surface area contributed by atoms with Crippen LogP contribution in [0.3, 0.4) is 0 Å². The van der Waals surface area contributed by atoms with Gasteiger partial charge in [-0.3, -0.25) is 9.52 Å². The minimum atomic E-state index is -3.78. The minimum absolute atomic E-state index is 0.0668. The van der Waals surface area contributed by atoms with Crippen LogP contribution in [0, 0.1) is 5.92 Å². The SMILES string of the molecule is CC(=O)C1=C(C)O[C@H]2C=CC(NS(=O)(=O)c3cccc4ccccc34)=C[C@H]12. The number of sulfonamides is 1. The molecule has 6 heteroatoms. The van der Waals surface area contributed by atoms with Crippen molar-refractivity contribution in [2.75, 3.05) is 0 Å². The van der Waals surface area contributed by atoms with Gasteiger partial charge in [-0.15, -0.1) is 0 Å². The van der Waals surface area contributed by atoms with Gasteiger partial charge in [-0.1, -0.05) is 36.4 Å². The topological polar surface area (TPSA) is 72.5 Å². The van der Waals surface area contributed by atoms with Gasteiger partial charge in [0.15, 0.2) is 5.78 Å². The van der Waals surface area contributed by atoms with E-state index in [9.17, 15) is 13.2 Å². The van der Waals surface area contributed by atoms with Crippen LogP contribution in [-0.4, -0.2) is 20.3 Å². The molecule has 0 spiro atoms. The summed E-state index contributed by atoms with van der Waals surface area (Å²) in [5, 5.41) is 1.52. The second-order valence-corrected chi connectivity index (χ2v) is 8.35. The molecule has 0 unspecified atom stereocenters. The van der Waals surface area contributed by atoms with Gasteiger partial charge in [0.05, 0.1) is 10.8 Å². The summed E-state index contributed by atoms with van der Waals surface area (Å²) in [5.74, 6) is 0.247. The first-order valence-electron chi connectivity index (χ1n) is 8.66. The van der Waals surface area contributed by atoms with Gasteiger partial charge in [0.1, 0.15) is 11.9 Å². The Morgan fingerprint density at radius 1 is 1.11 bits per heavy atom. The molecule has 4 rings (SSSR count). The highest BCUT2D eigenvalue weighted by molar-refractivity contribution is 7.89. The van der Waals surface area contributed by atoms with Crippen molar-refractivity contribution in [1.82, 2.24) is 4.72 Å². The van der Waals surface area contributed by atoms with E-state index in [-0.39, 0.29) is 22.7 Å². The summed E-state index contributed by atoms with van der Waals surface area (Å²) in [6.45, 7) is 3.26. The lowest BCUT2D eigenvalue weighted by molar-refractivity contribution is -0.113. The first-order chi connectivity index (χ1) is 12.9. The van der Waals surface area contributed by atoms with Crippen LogP contribution in [0.2, 0.25) is 0 Å². The third-order valence-corrected chi connectivity index (χ3v) is 6.31. The number of allylic oxidation sites excluding steroid dienone is 2. The molecule has 0 radical (unpaired) electrons. The van der Waals surface area contributed by atoms with Crippen molar-refractivity contribution in [2.45, 2.75) is 24.8 Å². The number of Topliss-reactive ketones (excluding diaryl/α,β-unsaturated/α-hetero) is 1.